The lowest BCUT2D eigenvalue weighted by Crippen LogP contribution is -2.38. The first kappa shape index (κ1) is 24.4. The Morgan fingerprint density at radius 2 is 1.97 bits per heavy atom. The van der Waals surface area contributed by atoms with Crippen LogP contribution in [0, 0.1) is 5.92 Å². The molecule has 0 spiro atoms. The zero-order valence-electron chi connectivity index (χ0n) is 17.9. The van der Waals surface area contributed by atoms with Gasteiger partial charge in [-0.3, -0.25) is 9.79 Å². The SMILES string of the molecule is CCNC(=NCCCC(=O)Nc1ccc(Cl)cc1)NCCCOCC1CCOCC1. The van der Waals surface area contributed by atoms with Crippen molar-refractivity contribution in [1.29, 1.82) is 0 Å². The Kier molecular flexibility index (Phi) is 12.3. The van der Waals surface area contributed by atoms with Crippen molar-refractivity contribution in [2.24, 2.45) is 10.9 Å². The van der Waals surface area contributed by atoms with Crippen molar-refractivity contribution in [2.75, 3.05) is 51.4 Å². The Morgan fingerprint density at radius 3 is 2.70 bits per heavy atom. The molecule has 0 aromatic heterocycles. The summed E-state index contributed by atoms with van der Waals surface area (Å²) in [6.07, 6.45) is 4.24. The normalized spacial score (nSPS) is 15.1. The molecule has 8 heteroatoms. The summed E-state index contributed by atoms with van der Waals surface area (Å²) in [6.45, 7) is 7.52. The maximum Gasteiger partial charge on any atom is 0.224 e. The quantitative estimate of drug-likeness (QED) is 0.264. The van der Waals surface area contributed by atoms with Gasteiger partial charge in [-0.05, 0) is 62.8 Å². The van der Waals surface area contributed by atoms with Crippen LogP contribution in [0.1, 0.15) is 39.0 Å². The summed E-state index contributed by atoms with van der Waals surface area (Å²) < 4.78 is 11.2. The van der Waals surface area contributed by atoms with Crippen LogP contribution >= 0.6 is 11.6 Å². The molecule has 1 aromatic carbocycles. The van der Waals surface area contributed by atoms with Crippen LogP contribution in [-0.4, -0.2) is 57.9 Å². The molecule has 0 unspecified atom stereocenters. The monoisotopic (exact) mass is 438 g/mol. The maximum absolute atomic E-state index is 12.0. The fourth-order valence-corrected chi connectivity index (χ4v) is 3.20. The summed E-state index contributed by atoms with van der Waals surface area (Å²) in [7, 11) is 0. The van der Waals surface area contributed by atoms with E-state index in [4.69, 9.17) is 21.1 Å². The number of ether oxygens (including phenoxy) is 2. The number of nitrogens with one attached hydrogen (secondary N) is 3. The van der Waals surface area contributed by atoms with Crippen LogP contribution in [-0.2, 0) is 14.3 Å². The van der Waals surface area contributed by atoms with Crippen molar-refractivity contribution in [3.63, 3.8) is 0 Å². The third-order valence-corrected chi connectivity index (χ3v) is 5.01. The number of aliphatic imine (C=N–C) groups is 1. The second kappa shape index (κ2) is 15.0. The molecule has 168 valence electrons. The van der Waals surface area contributed by atoms with E-state index in [1.54, 1.807) is 24.3 Å². The van der Waals surface area contributed by atoms with Gasteiger partial charge in [-0.25, -0.2) is 0 Å². The molecule has 1 heterocycles. The van der Waals surface area contributed by atoms with E-state index in [9.17, 15) is 4.79 Å². The molecule has 1 aromatic rings. The minimum Gasteiger partial charge on any atom is -0.381 e. The largest absolute Gasteiger partial charge is 0.381 e. The van der Waals surface area contributed by atoms with Gasteiger partial charge in [-0.2, -0.15) is 0 Å². The summed E-state index contributed by atoms with van der Waals surface area (Å²) in [4.78, 5) is 16.5. The van der Waals surface area contributed by atoms with E-state index in [1.807, 2.05) is 6.92 Å². The molecule has 2 rings (SSSR count). The molecule has 1 saturated heterocycles. The molecule has 1 aliphatic heterocycles. The molecule has 0 saturated carbocycles. The van der Waals surface area contributed by atoms with Crippen molar-refractivity contribution in [1.82, 2.24) is 10.6 Å². The number of carbonyl (C=O) groups is 1. The van der Waals surface area contributed by atoms with Crippen LogP contribution < -0.4 is 16.0 Å². The number of nitrogens with zero attached hydrogens (tertiary/aromatic N) is 1. The lowest BCUT2D eigenvalue weighted by molar-refractivity contribution is -0.116. The molecule has 1 fully saturated rings. The Balaban J connectivity index is 1.55. The van der Waals surface area contributed by atoms with Gasteiger partial charge >= 0.3 is 0 Å². The van der Waals surface area contributed by atoms with E-state index in [0.29, 0.717) is 30.3 Å². The van der Waals surface area contributed by atoms with Crippen molar-refractivity contribution in [3.05, 3.63) is 29.3 Å². The van der Waals surface area contributed by atoms with Crippen LogP contribution in [0.4, 0.5) is 5.69 Å². The summed E-state index contributed by atoms with van der Waals surface area (Å²) in [5, 5.41) is 10.1. The minimum atomic E-state index is -0.0211. The Bertz CT molecular complexity index is 634. The molecule has 0 bridgehead atoms. The second-order valence-electron chi connectivity index (χ2n) is 7.33. The molecule has 0 aliphatic carbocycles. The summed E-state index contributed by atoms with van der Waals surface area (Å²) in [5.41, 5.74) is 0.752. The summed E-state index contributed by atoms with van der Waals surface area (Å²) >= 11 is 5.85. The van der Waals surface area contributed by atoms with Gasteiger partial charge < -0.3 is 25.4 Å². The van der Waals surface area contributed by atoms with Crippen molar-refractivity contribution < 1.29 is 14.3 Å². The van der Waals surface area contributed by atoms with Crippen LogP contribution in [0.25, 0.3) is 0 Å². The molecule has 0 atom stereocenters. The highest BCUT2D eigenvalue weighted by Crippen LogP contribution is 2.15. The van der Waals surface area contributed by atoms with Gasteiger partial charge in [0, 0.05) is 63.2 Å². The van der Waals surface area contributed by atoms with Crippen molar-refractivity contribution >= 4 is 29.2 Å². The number of amides is 1. The summed E-state index contributed by atoms with van der Waals surface area (Å²) in [5.74, 6) is 1.40. The van der Waals surface area contributed by atoms with E-state index in [2.05, 4.69) is 20.9 Å². The Hall–Kier alpha value is -1.83. The van der Waals surface area contributed by atoms with Gasteiger partial charge in [0.05, 0.1) is 0 Å². The zero-order valence-corrected chi connectivity index (χ0v) is 18.7. The lowest BCUT2D eigenvalue weighted by Gasteiger charge is -2.21. The second-order valence-corrected chi connectivity index (χ2v) is 7.77. The molecule has 3 N–H and O–H groups in total. The number of carbonyl (C=O) groups excluding carboxylic acids is 1. The highest BCUT2D eigenvalue weighted by atomic mass is 35.5. The molecule has 7 nitrogen and oxygen atoms in total. The fourth-order valence-electron chi connectivity index (χ4n) is 3.07. The van der Waals surface area contributed by atoms with Gasteiger partial charge in [0.1, 0.15) is 0 Å². The Morgan fingerprint density at radius 1 is 1.20 bits per heavy atom. The van der Waals surface area contributed by atoms with Gasteiger partial charge in [-0.1, -0.05) is 11.6 Å². The number of benzene rings is 1. The number of guanidine groups is 1. The number of rotatable bonds is 12. The number of halogens is 1. The van der Waals surface area contributed by atoms with Crippen molar-refractivity contribution in [2.45, 2.75) is 39.0 Å². The number of hydrogen-bond donors (Lipinski definition) is 3. The smallest absolute Gasteiger partial charge is 0.224 e. The van der Waals surface area contributed by atoms with Gasteiger partial charge in [-0.15, -0.1) is 0 Å². The van der Waals surface area contributed by atoms with Gasteiger partial charge in [0.25, 0.3) is 0 Å². The highest BCUT2D eigenvalue weighted by Gasteiger charge is 2.13. The van der Waals surface area contributed by atoms with Crippen molar-refractivity contribution in [3.8, 4) is 0 Å². The van der Waals surface area contributed by atoms with Gasteiger partial charge in [0.2, 0.25) is 5.91 Å². The first-order chi connectivity index (χ1) is 14.7. The van der Waals surface area contributed by atoms with E-state index in [-0.39, 0.29) is 5.91 Å². The predicted molar refractivity (Wildman–Crippen MR) is 122 cm³/mol. The number of hydrogen-bond acceptors (Lipinski definition) is 4. The van der Waals surface area contributed by atoms with Gasteiger partial charge in [0.15, 0.2) is 5.96 Å². The maximum atomic E-state index is 12.0. The lowest BCUT2D eigenvalue weighted by atomic mass is 10.0. The summed E-state index contributed by atoms with van der Waals surface area (Å²) in [6, 6.07) is 7.09. The topological polar surface area (TPSA) is 84.0 Å². The average molecular weight is 439 g/mol. The highest BCUT2D eigenvalue weighted by molar-refractivity contribution is 6.30. The Labute approximate surface area is 185 Å². The van der Waals surface area contributed by atoms with E-state index >= 15 is 0 Å². The third kappa shape index (κ3) is 10.8. The molecule has 30 heavy (non-hydrogen) atoms. The van der Waals surface area contributed by atoms with E-state index in [1.165, 1.54) is 0 Å². The standard InChI is InChI=1S/C22H35ClN4O3/c1-2-24-22(26-13-4-14-30-17-18-10-15-29-16-11-18)25-12-3-5-21(28)27-20-8-6-19(23)7-9-20/h6-9,18H,2-5,10-17H2,1H3,(H,27,28)(H2,24,25,26). The first-order valence-corrected chi connectivity index (χ1v) is 11.3. The van der Waals surface area contributed by atoms with Crippen LogP contribution in [0.3, 0.4) is 0 Å². The van der Waals surface area contributed by atoms with E-state index in [0.717, 1.165) is 70.4 Å². The predicted octanol–water partition coefficient (Wildman–Crippen LogP) is 3.45. The van der Waals surface area contributed by atoms with Crippen LogP contribution in [0.5, 0.6) is 0 Å². The fraction of sp³-hybridized carbons (Fsp3) is 0.636. The molecule has 0 radical (unpaired) electrons. The van der Waals surface area contributed by atoms with Crippen LogP contribution in [0.15, 0.2) is 29.3 Å². The zero-order chi connectivity index (χ0) is 21.4. The van der Waals surface area contributed by atoms with E-state index < -0.39 is 0 Å². The molecule has 1 aliphatic rings. The molecular formula is C22H35ClN4O3. The van der Waals surface area contributed by atoms with Crippen LogP contribution in [0.2, 0.25) is 5.02 Å². The average Bonchev–Trinajstić information content (AvgIpc) is 2.76. The minimum absolute atomic E-state index is 0.0211. The third-order valence-electron chi connectivity index (χ3n) is 4.76. The number of anilines is 1. The molecule has 1 amide bonds. The molecular weight excluding hydrogens is 404 g/mol. The first-order valence-electron chi connectivity index (χ1n) is 10.9.